The summed E-state index contributed by atoms with van der Waals surface area (Å²) in [5.74, 6) is 1.11. The Labute approximate surface area is 118 Å². The zero-order valence-corrected chi connectivity index (χ0v) is 11.5. The summed E-state index contributed by atoms with van der Waals surface area (Å²) in [7, 11) is 0. The molecule has 0 saturated heterocycles. The van der Waals surface area contributed by atoms with E-state index in [-0.39, 0.29) is 0 Å². The highest BCUT2D eigenvalue weighted by Crippen LogP contribution is 2.59. The first kappa shape index (κ1) is 12.8. The Hall–Kier alpha value is -0.960. The fourth-order valence-corrected chi connectivity index (χ4v) is 5.33. The van der Waals surface area contributed by atoms with E-state index >= 15 is 0 Å². The lowest BCUT2D eigenvalue weighted by atomic mass is 9.49. The summed E-state index contributed by atoms with van der Waals surface area (Å²) in [6.45, 7) is 0. The van der Waals surface area contributed by atoms with E-state index in [0.717, 1.165) is 43.6 Å². The molecule has 0 spiro atoms. The lowest BCUT2D eigenvalue weighted by Crippen LogP contribution is -2.58. The highest BCUT2D eigenvalue weighted by atomic mass is 19.1. The molecule has 4 bridgehead atoms. The molecule has 4 aliphatic rings. The summed E-state index contributed by atoms with van der Waals surface area (Å²) in [4.78, 5) is 0. The van der Waals surface area contributed by atoms with Gasteiger partial charge in [-0.1, -0.05) is 0 Å². The molecule has 0 aliphatic heterocycles. The van der Waals surface area contributed by atoms with Gasteiger partial charge in [0.05, 0.1) is 5.60 Å². The van der Waals surface area contributed by atoms with Gasteiger partial charge in [-0.05, 0) is 73.5 Å². The SMILES string of the molecule is OC1(Cc2cc(F)cc(F)c2)C2CC3CC(C2)CC1C3. The maximum atomic E-state index is 13.3. The number of hydrogen-bond donors (Lipinski definition) is 1. The Bertz CT molecular complexity index is 492. The number of halogens is 2. The van der Waals surface area contributed by atoms with Crippen molar-refractivity contribution in [2.75, 3.05) is 0 Å². The molecule has 3 heteroatoms. The molecule has 1 nitrogen and oxygen atoms in total. The van der Waals surface area contributed by atoms with Crippen LogP contribution >= 0.6 is 0 Å². The topological polar surface area (TPSA) is 20.2 Å². The van der Waals surface area contributed by atoms with Crippen molar-refractivity contribution in [3.05, 3.63) is 35.4 Å². The van der Waals surface area contributed by atoms with Crippen LogP contribution in [0.15, 0.2) is 18.2 Å². The standard InChI is InChI=1S/C17H20F2O/c18-15-6-12(7-16(19)8-15)9-17(20)13-2-10-1-11(4-13)5-14(17)3-10/h6-8,10-11,13-14,20H,1-5,9H2. The number of rotatable bonds is 2. The van der Waals surface area contributed by atoms with E-state index in [1.54, 1.807) is 0 Å². The lowest BCUT2D eigenvalue weighted by Gasteiger charge is -2.59. The summed E-state index contributed by atoms with van der Waals surface area (Å²) in [6, 6.07) is 3.63. The van der Waals surface area contributed by atoms with E-state index in [2.05, 4.69) is 0 Å². The third-order valence-corrected chi connectivity index (χ3v) is 5.96. The maximum absolute atomic E-state index is 13.3. The van der Waals surface area contributed by atoms with Crippen molar-refractivity contribution in [2.24, 2.45) is 23.7 Å². The van der Waals surface area contributed by atoms with Gasteiger partial charge in [-0.25, -0.2) is 8.78 Å². The van der Waals surface area contributed by atoms with E-state index in [4.69, 9.17) is 0 Å². The van der Waals surface area contributed by atoms with Crippen LogP contribution in [0.25, 0.3) is 0 Å². The van der Waals surface area contributed by atoms with Gasteiger partial charge in [-0.15, -0.1) is 0 Å². The highest BCUT2D eigenvalue weighted by Gasteiger charge is 2.56. The van der Waals surface area contributed by atoms with Gasteiger partial charge in [0.2, 0.25) is 0 Å². The molecule has 108 valence electrons. The summed E-state index contributed by atoms with van der Waals surface area (Å²) in [5, 5.41) is 11.2. The third kappa shape index (κ3) is 1.90. The van der Waals surface area contributed by atoms with Crippen LogP contribution in [0.4, 0.5) is 8.78 Å². The minimum Gasteiger partial charge on any atom is -0.389 e. The molecule has 4 fully saturated rings. The Balaban J connectivity index is 1.64. The molecule has 20 heavy (non-hydrogen) atoms. The minimum absolute atomic E-state index is 0.324. The average Bonchev–Trinajstić information content (AvgIpc) is 2.34. The van der Waals surface area contributed by atoms with Gasteiger partial charge >= 0.3 is 0 Å². The molecule has 1 aromatic carbocycles. The van der Waals surface area contributed by atoms with Crippen molar-refractivity contribution < 1.29 is 13.9 Å². The van der Waals surface area contributed by atoms with E-state index in [0.29, 0.717) is 23.8 Å². The molecule has 0 radical (unpaired) electrons. The molecule has 4 saturated carbocycles. The van der Waals surface area contributed by atoms with Crippen molar-refractivity contribution >= 4 is 0 Å². The van der Waals surface area contributed by atoms with Crippen LogP contribution in [-0.2, 0) is 6.42 Å². The Kier molecular flexibility index (Phi) is 2.72. The van der Waals surface area contributed by atoms with Crippen LogP contribution in [-0.4, -0.2) is 10.7 Å². The summed E-state index contributed by atoms with van der Waals surface area (Å²) >= 11 is 0. The molecule has 0 amide bonds. The Morgan fingerprint density at radius 3 is 1.90 bits per heavy atom. The van der Waals surface area contributed by atoms with Gasteiger partial charge in [0, 0.05) is 12.5 Å². The first-order chi connectivity index (χ1) is 9.53. The molecular weight excluding hydrogens is 258 g/mol. The van der Waals surface area contributed by atoms with Gasteiger partial charge in [0.15, 0.2) is 0 Å². The second kappa shape index (κ2) is 4.27. The molecule has 0 atom stereocenters. The van der Waals surface area contributed by atoms with Crippen molar-refractivity contribution in [1.82, 2.24) is 0 Å². The van der Waals surface area contributed by atoms with Crippen molar-refractivity contribution in [2.45, 2.75) is 44.1 Å². The second-order valence-electron chi connectivity index (χ2n) is 7.25. The fourth-order valence-electron chi connectivity index (χ4n) is 5.33. The van der Waals surface area contributed by atoms with Gasteiger partial charge in [0.1, 0.15) is 11.6 Å². The van der Waals surface area contributed by atoms with E-state index < -0.39 is 17.2 Å². The largest absolute Gasteiger partial charge is 0.389 e. The first-order valence-electron chi connectivity index (χ1n) is 7.70. The highest BCUT2D eigenvalue weighted by molar-refractivity contribution is 5.22. The van der Waals surface area contributed by atoms with Crippen LogP contribution in [0.2, 0.25) is 0 Å². The average molecular weight is 278 g/mol. The van der Waals surface area contributed by atoms with Crippen LogP contribution in [0.3, 0.4) is 0 Å². The zero-order chi connectivity index (χ0) is 13.9. The minimum atomic E-state index is -0.742. The predicted octanol–water partition coefficient (Wildman–Crippen LogP) is 3.69. The van der Waals surface area contributed by atoms with Gasteiger partial charge in [-0.3, -0.25) is 0 Å². The molecule has 5 rings (SSSR count). The summed E-state index contributed by atoms with van der Waals surface area (Å²) < 4.78 is 26.7. The van der Waals surface area contributed by atoms with Crippen LogP contribution in [0.5, 0.6) is 0 Å². The van der Waals surface area contributed by atoms with Gasteiger partial charge in [0.25, 0.3) is 0 Å². The quantitative estimate of drug-likeness (QED) is 0.874. The number of hydrogen-bond acceptors (Lipinski definition) is 1. The molecular formula is C17H20F2O. The molecule has 0 unspecified atom stereocenters. The van der Waals surface area contributed by atoms with Crippen molar-refractivity contribution in [3.8, 4) is 0 Å². The second-order valence-corrected chi connectivity index (χ2v) is 7.25. The molecule has 1 aromatic rings. The summed E-state index contributed by atoms with van der Waals surface area (Å²) in [5.41, 5.74) is -0.148. The normalized spacial score (nSPS) is 42.1. The molecule has 0 aromatic heterocycles. The zero-order valence-electron chi connectivity index (χ0n) is 11.5. The number of benzene rings is 1. The van der Waals surface area contributed by atoms with Crippen LogP contribution in [0.1, 0.15) is 37.7 Å². The van der Waals surface area contributed by atoms with Crippen LogP contribution in [0, 0.1) is 35.3 Å². The Morgan fingerprint density at radius 1 is 0.900 bits per heavy atom. The molecule has 1 N–H and O–H groups in total. The van der Waals surface area contributed by atoms with Gasteiger partial charge in [-0.2, -0.15) is 0 Å². The lowest BCUT2D eigenvalue weighted by molar-refractivity contribution is -0.171. The van der Waals surface area contributed by atoms with Crippen LogP contribution < -0.4 is 0 Å². The number of aliphatic hydroxyl groups is 1. The summed E-state index contributed by atoms with van der Waals surface area (Å²) in [6.07, 6.45) is 6.12. The first-order valence-corrected chi connectivity index (χ1v) is 7.70. The van der Waals surface area contributed by atoms with Crippen molar-refractivity contribution in [3.63, 3.8) is 0 Å². The maximum Gasteiger partial charge on any atom is 0.126 e. The predicted molar refractivity (Wildman–Crippen MR) is 72.1 cm³/mol. The van der Waals surface area contributed by atoms with E-state index in [1.165, 1.54) is 18.6 Å². The third-order valence-electron chi connectivity index (χ3n) is 5.96. The Morgan fingerprint density at radius 2 is 1.40 bits per heavy atom. The molecule has 0 heterocycles. The monoisotopic (exact) mass is 278 g/mol. The fraction of sp³-hybridized carbons (Fsp3) is 0.647. The van der Waals surface area contributed by atoms with Crippen molar-refractivity contribution in [1.29, 1.82) is 0 Å². The van der Waals surface area contributed by atoms with E-state index in [1.807, 2.05) is 0 Å². The van der Waals surface area contributed by atoms with Gasteiger partial charge < -0.3 is 5.11 Å². The smallest absolute Gasteiger partial charge is 0.126 e. The van der Waals surface area contributed by atoms with E-state index in [9.17, 15) is 13.9 Å². The molecule has 4 aliphatic carbocycles.